The standard InChI is InChI=1S/C12H12N2O4S/c1-7-6-10(14-18-7)13-11(15)8(2)17-12(16)9-4-3-5-19-9/h3-6,8H,1-2H3,(H,13,14,15)/t8-/m0/s1. The number of hydrogen-bond acceptors (Lipinski definition) is 6. The smallest absolute Gasteiger partial charge is 0.349 e. The second-order valence-electron chi connectivity index (χ2n) is 3.84. The van der Waals surface area contributed by atoms with Gasteiger partial charge in [-0.2, -0.15) is 0 Å². The number of nitrogens with zero attached hydrogens (tertiary/aromatic N) is 1. The molecule has 0 saturated heterocycles. The molecule has 0 radical (unpaired) electrons. The molecule has 19 heavy (non-hydrogen) atoms. The van der Waals surface area contributed by atoms with Crippen molar-refractivity contribution < 1.29 is 18.8 Å². The molecule has 2 aromatic heterocycles. The SMILES string of the molecule is Cc1cc(NC(=O)[C@H](C)OC(=O)c2cccs2)no1. The summed E-state index contributed by atoms with van der Waals surface area (Å²) >= 11 is 1.26. The van der Waals surface area contributed by atoms with Crippen molar-refractivity contribution in [1.29, 1.82) is 0 Å². The molecule has 0 aliphatic carbocycles. The normalized spacial score (nSPS) is 11.9. The summed E-state index contributed by atoms with van der Waals surface area (Å²) < 4.78 is 9.85. The van der Waals surface area contributed by atoms with Gasteiger partial charge in [0.25, 0.3) is 5.91 Å². The number of hydrogen-bond donors (Lipinski definition) is 1. The number of amides is 1. The molecule has 0 saturated carbocycles. The molecule has 2 aromatic rings. The third-order valence-corrected chi connectivity index (χ3v) is 3.10. The first kappa shape index (κ1) is 13.3. The van der Waals surface area contributed by atoms with Crippen LogP contribution < -0.4 is 5.32 Å². The lowest BCUT2D eigenvalue weighted by Crippen LogP contribution is -2.29. The van der Waals surface area contributed by atoms with Crippen LogP contribution in [0.1, 0.15) is 22.4 Å². The molecular formula is C12H12N2O4S. The lowest BCUT2D eigenvalue weighted by Gasteiger charge is -2.11. The van der Waals surface area contributed by atoms with E-state index in [1.165, 1.54) is 18.3 Å². The Hall–Kier alpha value is -2.15. The molecule has 1 N–H and O–H groups in total. The van der Waals surface area contributed by atoms with Gasteiger partial charge in [-0.05, 0) is 25.3 Å². The van der Waals surface area contributed by atoms with Crippen LogP contribution in [0, 0.1) is 6.92 Å². The Balaban J connectivity index is 1.91. The van der Waals surface area contributed by atoms with Gasteiger partial charge in [0, 0.05) is 6.07 Å². The monoisotopic (exact) mass is 280 g/mol. The molecule has 7 heteroatoms. The highest BCUT2D eigenvalue weighted by atomic mass is 32.1. The Kier molecular flexibility index (Phi) is 3.96. The van der Waals surface area contributed by atoms with Crippen LogP contribution in [0.25, 0.3) is 0 Å². The molecule has 0 aromatic carbocycles. The van der Waals surface area contributed by atoms with Gasteiger partial charge >= 0.3 is 5.97 Å². The number of carbonyl (C=O) groups is 2. The summed E-state index contributed by atoms with van der Waals surface area (Å²) in [5.74, 6) is -0.104. The van der Waals surface area contributed by atoms with Gasteiger partial charge in [-0.3, -0.25) is 4.79 Å². The Morgan fingerprint density at radius 3 is 2.89 bits per heavy atom. The lowest BCUT2D eigenvalue weighted by atomic mass is 10.3. The van der Waals surface area contributed by atoms with Crippen LogP contribution in [0.3, 0.4) is 0 Å². The summed E-state index contributed by atoms with van der Waals surface area (Å²) in [5.41, 5.74) is 0. The van der Waals surface area contributed by atoms with E-state index in [0.717, 1.165) is 0 Å². The molecule has 0 unspecified atom stereocenters. The number of nitrogens with one attached hydrogen (secondary N) is 1. The lowest BCUT2D eigenvalue weighted by molar-refractivity contribution is -0.123. The molecule has 2 heterocycles. The number of ether oxygens (including phenoxy) is 1. The Morgan fingerprint density at radius 2 is 2.32 bits per heavy atom. The van der Waals surface area contributed by atoms with E-state index in [2.05, 4.69) is 10.5 Å². The van der Waals surface area contributed by atoms with E-state index in [0.29, 0.717) is 16.5 Å². The number of esters is 1. The summed E-state index contributed by atoms with van der Waals surface area (Å²) in [7, 11) is 0. The first-order valence-corrected chi connectivity index (χ1v) is 6.43. The van der Waals surface area contributed by atoms with Crippen LogP contribution in [-0.2, 0) is 9.53 Å². The number of thiophene rings is 1. The summed E-state index contributed by atoms with van der Waals surface area (Å²) in [6.45, 7) is 3.21. The first-order chi connectivity index (χ1) is 9.06. The number of carbonyl (C=O) groups excluding carboxylic acids is 2. The van der Waals surface area contributed by atoms with Crippen molar-refractivity contribution >= 4 is 29.0 Å². The van der Waals surface area contributed by atoms with Crippen molar-refractivity contribution in [3.05, 3.63) is 34.2 Å². The summed E-state index contributed by atoms with van der Waals surface area (Å²) in [4.78, 5) is 23.9. The second-order valence-corrected chi connectivity index (χ2v) is 4.78. The van der Waals surface area contributed by atoms with Gasteiger partial charge in [0.05, 0.1) is 0 Å². The van der Waals surface area contributed by atoms with Gasteiger partial charge < -0.3 is 14.6 Å². The number of aryl methyl sites for hydroxylation is 1. The largest absolute Gasteiger partial charge is 0.448 e. The molecule has 2 rings (SSSR count). The van der Waals surface area contributed by atoms with Crippen molar-refractivity contribution in [1.82, 2.24) is 5.16 Å². The third-order valence-electron chi connectivity index (χ3n) is 2.25. The second kappa shape index (κ2) is 5.66. The fourth-order valence-electron chi connectivity index (χ4n) is 1.32. The highest BCUT2D eigenvalue weighted by molar-refractivity contribution is 7.11. The summed E-state index contributed by atoms with van der Waals surface area (Å²) in [6, 6.07) is 4.95. The van der Waals surface area contributed by atoms with Gasteiger partial charge in [-0.25, -0.2) is 4.79 Å². The van der Waals surface area contributed by atoms with Crippen molar-refractivity contribution in [2.75, 3.05) is 5.32 Å². The van der Waals surface area contributed by atoms with Crippen LogP contribution in [0.2, 0.25) is 0 Å². The van der Waals surface area contributed by atoms with Crippen molar-refractivity contribution in [2.24, 2.45) is 0 Å². The molecule has 0 spiro atoms. The molecular weight excluding hydrogens is 268 g/mol. The van der Waals surface area contributed by atoms with E-state index in [1.54, 1.807) is 30.5 Å². The first-order valence-electron chi connectivity index (χ1n) is 5.55. The minimum absolute atomic E-state index is 0.293. The van der Waals surface area contributed by atoms with Gasteiger partial charge in [0.1, 0.15) is 10.6 Å². The zero-order chi connectivity index (χ0) is 13.8. The maximum absolute atomic E-state index is 11.8. The maximum Gasteiger partial charge on any atom is 0.349 e. The molecule has 0 fully saturated rings. The van der Waals surface area contributed by atoms with Crippen molar-refractivity contribution in [3.8, 4) is 0 Å². The zero-order valence-corrected chi connectivity index (χ0v) is 11.2. The fraction of sp³-hybridized carbons (Fsp3) is 0.250. The van der Waals surface area contributed by atoms with Crippen LogP contribution in [0.15, 0.2) is 28.1 Å². The zero-order valence-electron chi connectivity index (χ0n) is 10.4. The van der Waals surface area contributed by atoms with Gasteiger partial charge in [-0.1, -0.05) is 11.2 Å². The van der Waals surface area contributed by atoms with Crippen LogP contribution in [0.5, 0.6) is 0 Å². The van der Waals surface area contributed by atoms with E-state index >= 15 is 0 Å². The van der Waals surface area contributed by atoms with Gasteiger partial charge in [0.2, 0.25) is 0 Å². The Morgan fingerprint density at radius 1 is 1.53 bits per heavy atom. The summed E-state index contributed by atoms with van der Waals surface area (Å²) in [5, 5.41) is 7.88. The quantitative estimate of drug-likeness (QED) is 0.868. The molecule has 100 valence electrons. The average Bonchev–Trinajstić information content (AvgIpc) is 3.00. The Labute approximate surface area is 113 Å². The molecule has 0 bridgehead atoms. The van der Waals surface area contributed by atoms with Crippen molar-refractivity contribution in [3.63, 3.8) is 0 Å². The minimum Gasteiger partial charge on any atom is -0.448 e. The van der Waals surface area contributed by atoms with E-state index in [4.69, 9.17) is 9.26 Å². The Bertz CT molecular complexity index is 576. The third kappa shape index (κ3) is 3.41. The van der Waals surface area contributed by atoms with Crippen LogP contribution in [-0.4, -0.2) is 23.1 Å². The molecule has 1 amide bonds. The number of rotatable bonds is 4. The molecule has 0 aliphatic heterocycles. The summed E-state index contributed by atoms with van der Waals surface area (Å²) in [6.07, 6.45) is -0.911. The number of aromatic nitrogens is 1. The average molecular weight is 280 g/mol. The van der Waals surface area contributed by atoms with Gasteiger partial charge in [0.15, 0.2) is 11.9 Å². The number of anilines is 1. The van der Waals surface area contributed by atoms with E-state index in [9.17, 15) is 9.59 Å². The molecule has 6 nitrogen and oxygen atoms in total. The fourth-order valence-corrected chi connectivity index (χ4v) is 1.93. The maximum atomic E-state index is 11.8. The highest BCUT2D eigenvalue weighted by Gasteiger charge is 2.20. The van der Waals surface area contributed by atoms with Crippen molar-refractivity contribution in [2.45, 2.75) is 20.0 Å². The van der Waals surface area contributed by atoms with E-state index in [1.807, 2.05) is 0 Å². The predicted molar refractivity (Wildman–Crippen MR) is 69.1 cm³/mol. The van der Waals surface area contributed by atoms with E-state index < -0.39 is 18.0 Å². The van der Waals surface area contributed by atoms with E-state index in [-0.39, 0.29) is 0 Å². The highest BCUT2D eigenvalue weighted by Crippen LogP contribution is 2.12. The van der Waals surface area contributed by atoms with Crippen LogP contribution in [0.4, 0.5) is 5.82 Å². The minimum atomic E-state index is -0.911. The topological polar surface area (TPSA) is 81.4 Å². The molecule has 0 aliphatic rings. The van der Waals surface area contributed by atoms with Crippen LogP contribution >= 0.6 is 11.3 Å². The van der Waals surface area contributed by atoms with Gasteiger partial charge in [-0.15, -0.1) is 11.3 Å². The predicted octanol–water partition coefficient (Wildman–Crippen LogP) is 2.23. The molecule has 1 atom stereocenters.